The van der Waals surface area contributed by atoms with Crippen LogP contribution in [-0.2, 0) is 4.79 Å². The molecule has 0 radical (unpaired) electrons. The van der Waals surface area contributed by atoms with Gasteiger partial charge >= 0.3 is 0 Å². The molecule has 1 amide bonds. The van der Waals surface area contributed by atoms with Gasteiger partial charge in [0.2, 0.25) is 5.91 Å². The minimum atomic E-state index is -0.356. The van der Waals surface area contributed by atoms with Gasteiger partial charge in [0.1, 0.15) is 5.82 Å². The summed E-state index contributed by atoms with van der Waals surface area (Å²) in [4.78, 5) is 11.5. The molecule has 0 aliphatic rings. The number of benzene rings is 1. The quantitative estimate of drug-likeness (QED) is 0.797. The van der Waals surface area contributed by atoms with E-state index >= 15 is 0 Å². The second-order valence-corrected chi connectivity index (χ2v) is 3.64. The van der Waals surface area contributed by atoms with Crippen molar-refractivity contribution in [2.75, 3.05) is 11.9 Å². The Hall–Kier alpha value is -1.42. The first-order valence-electron chi connectivity index (χ1n) is 4.81. The van der Waals surface area contributed by atoms with E-state index in [1.165, 1.54) is 12.1 Å². The predicted octanol–water partition coefficient (Wildman–Crippen LogP) is 1.67. The average Bonchev–Trinajstić information content (AvgIpc) is 2.14. The Labute approximate surface area is 88.5 Å². The number of carbonyl (C=O) groups is 1. The number of amides is 1. The zero-order chi connectivity index (χ0) is 11.4. The smallest absolute Gasteiger partial charge is 0.228 e. The van der Waals surface area contributed by atoms with Gasteiger partial charge in [-0.1, -0.05) is 6.92 Å². The highest BCUT2D eigenvalue weighted by atomic mass is 19.1. The van der Waals surface area contributed by atoms with Gasteiger partial charge in [0.25, 0.3) is 0 Å². The summed E-state index contributed by atoms with van der Waals surface area (Å²) in [6, 6.07) is 4.40. The minimum absolute atomic E-state index is 0.192. The molecule has 3 N–H and O–H groups in total. The SMILES string of the molecule is Cc1cc(F)cc(NC(=O)C(C)CN)c1. The van der Waals surface area contributed by atoms with Crippen LogP contribution in [0.25, 0.3) is 0 Å². The molecular weight excluding hydrogens is 195 g/mol. The van der Waals surface area contributed by atoms with Crippen LogP contribution in [0.2, 0.25) is 0 Å². The number of hydrogen-bond donors (Lipinski definition) is 2. The maximum absolute atomic E-state index is 13.0. The summed E-state index contributed by atoms with van der Waals surface area (Å²) < 4.78 is 13.0. The van der Waals surface area contributed by atoms with Crippen LogP contribution >= 0.6 is 0 Å². The molecule has 0 bridgehead atoms. The van der Waals surface area contributed by atoms with Gasteiger partial charge in [0, 0.05) is 18.2 Å². The number of aryl methyl sites for hydroxylation is 1. The number of halogens is 1. The van der Waals surface area contributed by atoms with Crippen molar-refractivity contribution in [2.24, 2.45) is 11.7 Å². The third-order valence-electron chi connectivity index (χ3n) is 2.11. The minimum Gasteiger partial charge on any atom is -0.330 e. The van der Waals surface area contributed by atoms with Crippen LogP contribution in [0, 0.1) is 18.7 Å². The Morgan fingerprint density at radius 3 is 2.73 bits per heavy atom. The summed E-state index contributed by atoms with van der Waals surface area (Å²) in [5.41, 5.74) is 6.59. The number of carbonyl (C=O) groups excluding carboxylic acids is 1. The number of hydrogen-bond acceptors (Lipinski definition) is 2. The van der Waals surface area contributed by atoms with Gasteiger partial charge in [-0.3, -0.25) is 4.79 Å². The molecule has 0 saturated heterocycles. The first-order chi connectivity index (χ1) is 7.02. The van der Waals surface area contributed by atoms with E-state index in [1.807, 2.05) is 0 Å². The molecule has 0 heterocycles. The Morgan fingerprint density at radius 2 is 2.20 bits per heavy atom. The maximum atomic E-state index is 13.0. The molecule has 0 aliphatic heterocycles. The van der Waals surface area contributed by atoms with E-state index in [9.17, 15) is 9.18 Å². The van der Waals surface area contributed by atoms with Crippen LogP contribution in [0.3, 0.4) is 0 Å². The summed E-state index contributed by atoms with van der Waals surface area (Å²) in [5, 5.41) is 2.62. The molecule has 3 nitrogen and oxygen atoms in total. The highest BCUT2D eigenvalue weighted by Gasteiger charge is 2.11. The molecule has 0 aliphatic carbocycles. The van der Waals surface area contributed by atoms with Crippen LogP contribution in [0.1, 0.15) is 12.5 Å². The lowest BCUT2D eigenvalue weighted by atomic mass is 10.1. The summed E-state index contributed by atoms with van der Waals surface area (Å²) in [5.74, 6) is -0.818. The predicted molar refractivity (Wildman–Crippen MR) is 58.0 cm³/mol. The molecular formula is C11H15FN2O. The van der Waals surface area contributed by atoms with Crippen molar-refractivity contribution in [3.8, 4) is 0 Å². The van der Waals surface area contributed by atoms with Gasteiger partial charge in [-0.05, 0) is 30.7 Å². The molecule has 0 spiro atoms. The van der Waals surface area contributed by atoms with Gasteiger partial charge in [-0.25, -0.2) is 4.39 Å². The molecule has 15 heavy (non-hydrogen) atoms. The van der Waals surface area contributed by atoms with Gasteiger partial charge in [-0.2, -0.15) is 0 Å². The maximum Gasteiger partial charge on any atom is 0.228 e. The highest BCUT2D eigenvalue weighted by Crippen LogP contribution is 2.14. The van der Waals surface area contributed by atoms with Crippen molar-refractivity contribution in [1.82, 2.24) is 0 Å². The molecule has 4 heteroatoms. The van der Waals surface area contributed by atoms with Crippen molar-refractivity contribution >= 4 is 11.6 Å². The normalized spacial score (nSPS) is 12.3. The third kappa shape index (κ3) is 3.32. The molecule has 0 fully saturated rings. The van der Waals surface area contributed by atoms with Crippen molar-refractivity contribution in [1.29, 1.82) is 0 Å². The first-order valence-corrected chi connectivity index (χ1v) is 4.81. The number of nitrogens with two attached hydrogens (primary N) is 1. The van der Waals surface area contributed by atoms with Crippen molar-refractivity contribution in [3.05, 3.63) is 29.6 Å². The Balaban J connectivity index is 2.76. The van der Waals surface area contributed by atoms with Crippen molar-refractivity contribution in [3.63, 3.8) is 0 Å². The fourth-order valence-electron chi connectivity index (χ4n) is 1.18. The van der Waals surface area contributed by atoms with Gasteiger partial charge in [-0.15, -0.1) is 0 Å². The van der Waals surface area contributed by atoms with E-state index in [0.717, 1.165) is 5.56 Å². The van der Waals surface area contributed by atoms with E-state index in [4.69, 9.17) is 5.73 Å². The Bertz CT molecular complexity index is 345. The second-order valence-electron chi connectivity index (χ2n) is 3.64. The molecule has 82 valence electrons. The average molecular weight is 210 g/mol. The second kappa shape index (κ2) is 4.89. The van der Waals surface area contributed by atoms with Crippen LogP contribution in [0.4, 0.5) is 10.1 Å². The molecule has 1 rings (SSSR count). The molecule has 1 unspecified atom stereocenters. The monoisotopic (exact) mass is 210 g/mol. The molecule has 0 aromatic heterocycles. The van der Waals surface area contributed by atoms with Crippen LogP contribution in [-0.4, -0.2) is 12.5 Å². The fourth-order valence-corrected chi connectivity index (χ4v) is 1.18. The van der Waals surface area contributed by atoms with E-state index < -0.39 is 0 Å². The lowest BCUT2D eigenvalue weighted by Gasteiger charge is -2.10. The third-order valence-corrected chi connectivity index (χ3v) is 2.11. The number of nitrogens with one attached hydrogen (secondary N) is 1. The van der Waals surface area contributed by atoms with Gasteiger partial charge in [0.05, 0.1) is 0 Å². The first kappa shape index (κ1) is 11.7. The van der Waals surface area contributed by atoms with E-state index in [0.29, 0.717) is 5.69 Å². The van der Waals surface area contributed by atoms with Crippen molar-refractivity contribution < 1.29 is 9.18 Å². The van der Waals surface area contributed by atoms with E-state index in [1.54, 1.807) is 19.9 Å². The molecule has 0 saturated carbocycles. The van der Waals surface area contributed by atoms with Crippen molar-refractivity contribution in [2.45, 2.75) is 13.8 Å². The zero-order valence-corrected chi connectivity index (χ0v) is 8.88. The standard InChI is InChI=1S/C11H15FN2O/c1-7-3-9(12)5-10(4-7)14-11(15)8(2)6-13/h3-5,8H,6,13H2,1-2H3,(H,14,15). The lowest BCUT2D eigenvalue weighted by molar-refractivity contribution is -0.119. The Kier molecular flexibility index (Phi) is 3.80. The molecule has 1 aromatic carbocycles. The summed E-state index contributed by atoms with van der Waals surface area (Å²) in [6.45, 7) is 3.77. The van der Waals surface area contributed by atoms with Crippen LogP contribution in [0.15, 0.2) is 18.2 Å². The van der Waals surface area contributed by atoms with Gasteiger partial charge in [0.15, 0.2) is 0 Å². The Morgan fingerprint density at radius 1 is 1.53 bits per heavy atom. The topological polar surface area (TPSA) is 55.1 Å². The summed E-state index contributed by atoms with van der Waals surface area (Å²) in [6.07, 6.45) is 0. The molecule has 1 aromatic rings. The fraction of sp³-hybridized carbons (Fsp3) is 0.364. The highest BCUT2D eigenvalue weighted by molar-refractivity contribution is 5.92. The van der Waals surface area contributed by atoms with E-state index in [2.05, 4.69) is 5.32 Å². The van der Waals surface area contributed by atoms with Crippen LogP contribution in [0.5, 0.6) is 0 Å². The summed E-state index contributed by atoms with van der Waals surface area (Å²) >= 11 is 0. The zero-order valence-electron chi connectivity index (χ0n) is 8.88. The lowest BCUT2D eigenvalue weighted by Crippen LogP contribution is -2.26. The van der Waals surface area contributed by atoms with Crippen LogP contribution < -0.4 is 11.1 Å². The van der Waals surface area contributed by atoms with E-state index in [-0.39, 0.29) is 24.2 Å². The number of anilines is 1. The molecule has 1 atom stereocenters. The largest absolute Gasteiger partial charge is 0.330 e. The summed E-state index contributed by atoms with van der Waals surface area (Å²) in [7, 11) is 0. The van der Waals surface area contributed by atoms with Gasteiger partial charge < -0.3 is 11.1 Å². The number of rotatable bonds is 3.